The van der Waals surface area contributed by atoms with Gasteiger partial charge in [0.25, 0.3) is 0 Å². The van der Waals surface area contributed by atoms with E-state index in [9.17, 15) is 4.79 Å². The molecule has 0 saturated carbocycles. The largest absolute Gasteiger partial charge is 0.324 e. The number of carbonyl (C=O) groups is 1. The van der Waals surface area contributed by atoms with Gasteiger partial charge in [0.05, 0.1) is 11.2 Å². The number of carbonyl (C=O) groups excluding carboxylic acids is 1. The summed E-state index contributed by atoms with van der Waals surface area (Å²) in [7, 11) is 0. The number of pyridine rings is 1. The molecule has 3 rings (SSSR count). The van der Waals surface area contributed by atoms with Gasteiger partial charge in [0.1, 0.15) is 0 Å². The van der Waals surface area contributed by atoms with Crippen LogP contribution in [-0.2, 0) is 4.79 Å². The zero-order chi connectivity index (χ0) is 16.8. The van der Waals surface area contributed by atoms with E-state index in [0.29, 0.717) is 12.8 Å². The van der Waals surface area contributed by atoms with E-state index in [0.717, 1.165) is 16.6 Å². The molecule has 1 N–H and O–H groups in total. The van der Waals surface area contributed by atoms with Crippen LogP contribution in [0.25, 0.3) is 17.0 Å². The van der Waals surface area contributed by atoms with Crippen molar-refractivity contribution in [1.82, 2.24) is 4.98 Å². The van der Waals surface area contributed by atoms with Crippen molar-refractivity contribution < 1.29 is 4.79 Å². The summed E-state index contributed by atoms with van der Waals surface area (Å²) in [5.74, 6) is 0.00240. The minimum Gasteiger partial charge on any atom is -0.324 e. The second-order valence-corrected chi connectivity index (χ2v) is 5.73. The Morgan fingerprint density at radius 3 is 2.79 bits per heavy atom. The predicted molar refractivity (Wildman–Crippen MR) is 99.8 cm³/mol. The van der Waals surface area contributed by atoms with Crippen molar-refractivity contribution in [1.29, 1.82) is 0 Å². The van der Waals surface area contributed by atoms with Crippen LogP contribution in [0.3, 0.4) is 0 Å². The molecule has 120 valence electrons. The maximum Gasteiger partial charge on any atom is 0.224 e. The summed E-state index contributed by atoms with van der Waals surface area (Å²) in [6, 6.07) is 17.9. The molecule has 1 aromatic heterocycles. The highest BCUT2D eigenvalue weighted by Gasteiger charge is 2.05. The molecular formula is C21H20N2O. The van der Waals surface area contributed by atoms with Crippen LogP contribution in [-0.4, -0.2) is 10.9 Å². The normalized spacial score (nSPS) is 11.0. The standard InChI is InChI=1S/C21H20N2O/c1-16-8-2-3-9-17(16)10-4-5-14-20(24)23-19-13-6-11-18-12-7-15-22-21(18)19/h2-4,6-13,15H,5,14H2,1H3,(H,23,24)/b10-4-. The van der Waals surface area contributed by atoms with Crippen molar-refractivity contribution in [3.05, 3.63) is 78.0 Å². The molecule has 0 spiro atoms. The minimum atomic E-state index is 0.00240. The quantitative estimate of drug-likeness (QED) is 0.721. The number of hydrogen-bond donors (Lipinski definition) is 1. The van der Waals surface area contributed by atoms with Gasteiger partial charge in [-0.05, 0) is 36.6 Å². The Bertz CT molecular complexity index is 878. The van der Waals surface area contributed by atoms with E-state index < -0.39 is 0 Å². The molecule has 0 unspecified atom stereocenters. The van der Waals surface area contributed by atoms with E-state index in [4.69, 9.17) is 0 Å². The first-order chi connectivity index (χ1) is 11.7. The third-order valence-electron chi connectivity index (χ3n) is 3.93. The van der Waals surface area contributed by atoms with Gasteiger partial charge >= 0.3 is 0 Å². The average molecular weight is 316 g/mol. The maximum atomic E-state index is 12.2. The highest BCUT2D eigenvalue weighted by atomic mass is 16.1. The van der Waals surface area contributed by atoms with Gasteiger partial charge < -0.3 is 5.32 Å². The first kappa shape index (κ1) is 15.9. The van der Waals surface area contributed by atoms with Crippen LogP contribution in [0.4, 0.5) is 5.69 Å². The smallest absolute Gasteiger partial charge is 0.224 e. The Labute approximate surface area is 142 Å². The Hall–Kier alpha value is -2.94. The number of fused-ring (bicyclic) bond motifs is 1. The highest BCUT2D eigenvalue weighted by Crippen LogP contribution is 2.20. The lowest BCUT2D eigenvalue weighted by molar-refractivity contribution is -0.116. The summed E-state index contributed by atoms with van der Waals surface area (Å²) >= 11 is 0. The Morgan fingerprint density at radius 2 is 1.92 bits per heavy atom. The van der Waals surface area contributed by atoms with Crippen LogP contribution in [0.2, 0.25) is 0 Å². The van der Waals surface area contributed by atoms with Crippen LogP contribution in [0.15, 0.2) is 66.9 Å². The number of anilines is 1. The fraction of sp³-hybridized carbons (Fsp3) is 0.143. The summed E-state index contributed by atoms with van der Waals surface area (Å²) < 4.78 is 0. The van der Waals surface area contributed by atoms with Crippen molar-refractivity contribution >= 4 is 28.6 Å². The number of para-hydroxylation sites is 1. The van der Waals surface area contributed by atoms with Crippen LogP contribution in [0.1, 0.15) is 24.0 Å². The number of hydrogen-bond acceptors (Lipinski definition) is 2. The fourth-order valence-corrected chi connectivity index (χ4v) is 2.62. The molecule has 0 fully saturated rings. The van der Waals surface area contributed by atoms with Gasteiger partial charge in [-0.3, -0.25) is 9.78 Å². The third kappa shape index (κ3) is 3.87. The van der Waals surface area contributed by atoms with Crippen LogP contribution < -0.4 is 5.32 Å². The molecule has 24 heavy (non-hydrogen) atoms. The maximum absolute atomic E-state index is 12.2. The second kappa shape index (κ2) is 7.55. The van der Waals surface area contributed by atoms with Gasteiger partial charge in [-0.2, -0.15) is 0 Å². The molecule has 0 aliphatic carbocycles. The molecule has 0 aliphatic heterocycles. The van der Waals surface area contributed by atoms with Gasteiger partial charge in [0.2, 0.25) is 5.91 Å². The van der Waals surface area contributed by atoms with Crippen molar-refractivity contribution in [3.63, 3.8) is 0 Å². The molecule has 0 radical (unpaired) electrons. The minimum absolute atomic E-state index is 0.00240. The SMILES string of the molecule is Cc1ccccc1/C=C\CCC(=O)Nc1cccc2cccnc12. The molecule has 2 aromatic carbocycles. The van der Waals surface area contributed by atoms with Crippen molar-refractivity contribution in [3.8, 4) is 0 Å². The number of rotatable bonds is 5. The van der Waals surface area contributed by atoms with E-state index in [2.05, 4.69) is 35.4 Å². The summed E-state index contributed by atoms with van der Waals surface area (Å²) in [6.07, 6.45) is 7.01. The third-order valence-corrected chi connectivity index (χ3v) is 3.93. The molecule has 3 heteroatoms. The molecule has 3 aromatic rings. The average Bonchev–Trinajstić information content (AvgIpc) is 2.60. The lowest BCUT2D eigenvalue weighted by atomic mass is 10.1. The van der Waals surface area contributed by atoms with Gasteiger partial charge in [-0.15, -0.1) is 0 Å². The number of aryl methyl sites for hydroxylation is 1. The first-order valence-electron chi connectivity index (χ1n) is 8.10. The molecule has 1 heterocycles. The number of amides is 1. The molecule has 3 nitrogen and oxygen atoms in total. The monoisotopic (exact) mass is 316 g/mol. The van der Waals surface area contributed by atoms with E-state index in [1.54, 1.807) is 6.20 Å². The topological polar surface area (TPSA) is 42.0 Å². The predicted octanol–water partition coefficient (Wildman–Crippen LogP) is 4.98. The van der Waals surface area contributed by atoms with Crippen LogP contribution >= 0.6 is 0 Å². The molecule has 1 amide bonds. The summed E-state index contributed by atoms with van der Waals surface area (Å²) in [4.78, 5) is 16.5. The number of allylic oxidation sites excluding steroid dienone is 1. The Kier molecular flexibility index (Phi) is 5.02. The van der Waals surface area contributed by atoms with Crippen LogP contribution in [0, 0.1) is 6.92 Å². The van der Waals surface area contributed by atoms with Gasteiger partial charge in [0.15, 0.2) is 0 Å². The van der Waals surface area contributed by atoms with Gasteiger partial charge in [-0.1, -0.05) is 54.6 Å². The number of aromatic nitrogens is 1. The molecule has 0 saturated heterocycles. The van der Waals surface area contributed by atoms with Crippen molar-refractivity contribution in [2.45, 2.75) is 19.8 Å². The summed E-state index contributed by atoms with van der Waals surface area (Å²) in [6.45, 7) is 2.08. The molecule has 0 atom stereocenters. The zero-order valence-electron chi connectivity index (χ0n) is 13.7. The molecule has 0 aliphatic rings. The van der Waals surface area contributed by atoms with E-state index in [-0.39, 0.29) is 5.91 Å². The number of benzene rings is 2. The molecule has 0 bridgehead atoms. The highest BCUT2D eigenvalue weighted by molar-refractivity contribution is 6.00. The van der Waals surface area contributed by atoms with Gasteiger partial charge in [-0.25, -0.2) is 0 Å². The molecular weight excluding hydrogens is 296 g/mol. The zero-order valence-corrected chi connectivity index (χ0v) is 13.7. The Balaban J connectivity index is 1.59. The van der Waals surface area contributed by atoms with E-state index >= 15 is 0 Å². The first-order valence-corrected chi connectivity index (χ1v) is 8.10. The summed E-state index contributed by atoms with van der Waals surface area (Å²) in [5.41, 5.74) is 4.01. The van der Waals surface area contributed by atoms with Crippen molar-refractivity contribution in [2.75, 3.05) is 5.32 Å². The second-order valence-electron chi connectivity index (χ2n) is 5.73. The van der Waals surface area contributed by atoms with E-state index in [1.807, 2.05) is 48.5 Å². The number of nitrogens with one attached hydrogen (secondary N) is 1. The number of nitrogens with zero attached hydrogens (tertiary/aromatic N) is 1. The van der Waals surface area contributed by atoms with E-state index in [1.165, 1.54) is 11.1 Å². The summed E-state index contributed by atoms with van der Waals surface area (Å²) in [5, 5.41) is 3.98. The van der Waals surface area contributed by atoms with Gasteiger partial charge in [0, 0.05) is 18.0 Å². The van der Waals surface area contributed by atoms with Crippen molar-refractivity contribution in [2.24, 2.45) is 0 Å². The lowest BCUT2D eigenvalue weighted by Gasteiger charge is -2.07. The lowest BCUT2D eigenvalue weighted by Crippen LogP contribution is -2.11. The Morgan fingerprint density at radius 1 is 1.08 bits per heavy atom. The van der Waals surface area contributed by atoms with Crippen LogP contribution in [0.5, 0.6) is 0 Å². The fourth-order valence-electron chi connectivity index (χ4n) is 2.62.